The summed E-state index contributed by atoms with van der Waals surface area (Å²) in [5.41, 5.74) is 0.751. The number of halogens is 2. The maximum atomic E-state index is 5.91. The lowest BCUT2D eigenvalue weighted by Gasteiger charge is -2.29. The summed E-state index contributed by atoms with van der Waals surface area (Å²) in [5.74, 6) is 0.713. The number of hydrogen-bond donors (Lipinski definition) is 0. The normalized spacial score (nSPS) is 16.8. The molecule has 0 spiro atoms. The number of likely N-dealkylation sites (tertiary alicyclic amines) is 1. The van der Waals surface area contributed by atoms with E-state index in [1.165, 1.54) is 6.42 Å². The van der Waals surface area contributed by atoms with Crippen LogP contribution in [0, 0.1) is 6.92 Å². The molecule has 1 aromatic rings. The van der Waals surface area contributed by atoms with Gasteiger partial charge in [0.25, 0.3) is 0 Å². The summed E-state index contributed by atoms with van der Waals surface area (Å²) in [6, 6.07) is 0. The van der Waals surface area contributed by atoms with E-state index in [9.17, 15) is 0 Å². The van der Waals surface area contributed by atoms with Gasteiger partial charge in [-0.15, -0.1) is 0 Å². The van der Waals surface area contributed by atoms with Crippen molar-refractivity contribution >= 4 is 23.2 Å². The summed E-state index contributed by atoms with van der Waals surface area (Å²) in [6.45, 7) is 4.80. The standard InChI is InChI=1S/C9H11Cl2N3/c1-6-8(10)12-7(13-9(6)11)5-14-3-2-4-14/h2-5H2,1H3. The van der Waals surface area contributed by atoms with Gasteiger partial charge in [-0.3, -0.25) is 4.90 Å². The molecule has 0 aromatic carbocycles. The Morgan fingerprint density at radius 3 is 2.21 bits per heavy atom. The number of hydrogen-bond acceptors (Lipinski definition) is 3. The van der Waals surface area contributed by atoms with Crippen LogP contribution in [-0.4, -0.2) is 28.0 Å². The minimum atomic E-state index is 0.459. The van der Waals surface area contributed by atoms with Crippen molar-refractivity contribution in [3.05, 3.63) is 21.7 Å². The zero-order chi connectivity index (χ0) is 10.1. The predicted molar refractivity (Wildman–Crippen MR) is 56.7 cm³/mol. The van der Waals surface area contributed by atoms with E-state index < -0.39 is 0 Å². The monoisotopic (exact) mass is 231 g/mol. The van der Waals surface area contributed by atoms with E-state index in [0.717, 1.165) is 25.2 Å². The molecule has 0 radical (unpaired) electrons. The summed E-state index contributed by atoms with van der Waals surface area (Å²) in [4.78, 5) is 10.6. The minimum Gasteiger partial charge on any atom is -0.296 e. The molecule has 1 fully saturated rings. The Bertz CT molecular complexity index is 327. The fourth-order valence-electron chi connectivity index (χ4n) is 1.31. The zero-order valence-electron chi connectivity index (χ0n) is 7.93. The second-order valence-electron chi connectivity index (χ2n) is 3.48. The molecule has 1 aromatic heterocycles. The van der Waals surface area contributed by atoms with Crippen molar-refractivity contribution in [2.75, 3.05) is 13.1 Å². The van der Waals surface area contributed by atoms with Crippen LogP contribution in [0.1, 0.15) is 17.8 Å². The van der Waals surface area contributed by atoms with Crippen LogP contribution in [0.15, 0.2) is 0 Å². The summed E-state index contributed by atoms with van der Waals surface area (Å²) < 4.78 is 0. The maximum absolute atomic E-state index is 5.91. The van der Waals surface area contributed by atoms with Gasteiger partial charge < -0.3 is 0 Å². The lowest BCUT2D eigenvalue weighted by molar-refractivity contribution is 0.168. The van der Waals surface area contributed by atoms with E-state index in [4.69, 9.17) is 23.2 Å². The molecule has 0 unspecified atom stereocenters. The molecule has 2 rings (SSSR count). The molecule has 3 nitrogen and oxygen atoms in total. The molecule has 0 amide bonds. The third-order valence-corrected chi connectivity index (χ3v) is 3.12. The molecule has 14 heavy (non-hydrogen) atoms. The van der Waals surface area contributed by atoms with Crippen LogP contribution in [0.25, 0.3) is 0 Å². The molecule has 0 aliphatic carbocycles. The van der Waals surface area contributed by atoms with E-state index in [1.54, 1.807) is 0 Å². The summed E-state index contributed by atoms with van der Waals surface area (Å²) in [6.07, 6.45) is 1.26. The fourth-order valence-corrected chi connectivity index (χ4v) is 1.74. The van der Waals surface area contributed by atoms with E-state index in [-0.39, 0.29) is 0 Å². The van der Waals surface area contributed by atoms with Crippen LogP contribution in [0.2, 0.25) is 10.3 Å². The molecular weight excluding hydrogens is 221 g/mol. The molecule has 0 N–H and O–H groups in total. The van der Waals surface area contributed by atoms with Crippen molar-refractivity contribution in [2.45, 2.75) is 19.9 Å². The first-order chi connectivity index (χ1) is 6.66. The van der Waals surface area contributed by atoms with Crippen LogP contribution in [0.3, 0.4) is 0 Å². The van der Waals surface area contributed by atoms with E-state index >= 15 is 0 Å². The summed E-state index contributed by atoms with van der Waals surface area (Å²) >= 11 is 11.8. The second kappa shape index (κ2) is 4.01. The summed E-state index contributed by atoms with van der Waals surface area (Å²) in [7, 11) is 0. The van der Waals surface area contributed by atoms with Crippen LogP contribution in [0.4, 0.5) is 0 Å². The van der Waals surface area contributed by atoms with Crippen molar-refractivity contribution in [1.82, 2.24) is 14.9 Å². The molecule has 0 saturated carbocycles. The Labute approximate surface area is 93.1 Å². The van der Waals surface area contributed by atoms with Gasteiger partial charge in [-0.05, 0) is 26.4 Å². The highest BCUT2D eigenvalue weighted by molar-refractivity contribution is 6.34. The smallest absolute Gasteiger partial charge is 0.145 e. The van der Waals surface area contributed by atoms with E-state index in [1.807, 2.05) is 6.92 Å². The highest BCUT2D eigenvalue weighted by Crippen LogP contribution is 2.20. The molecule has 0 bridgehead atoms. The van der Waals surface area contributed by atoms with E-state index in [2.05, 4.69) is 14.9 Å². The Morgan fingerprint density at radius 2 is 1.79 bits per heavy atom. The minimum absolute atomic E-state index is 0.459. The van der Waals surface area contributed by atoms with Crippen molar-refractivity contribution in [3.63, 3.8) is 0 Å². The first-order valence-corrected chi connectivity index (χ1v) is 5.33. The van der Waals surface area contributed by atoms with Gasteiger partial charge >= 0.3 is 0 Å². The maximum Gasteiger partial charge on any atom is 0.145 e. The molecule has 2 heterocycles. The predicted octanol–water partition coefficient (Wildman–Crippen LogP) is 2.30. The number of nitrogens with zero attached hydrogens (tertiary/aromatic N) is 3. The number of rotatable bonds is 2. The third-order valence-electron chi connectivity index (χ3n) is 2.39. The van der Waals surface area contributed by atoms with Gasteiger partial charge in [0.05, 0.1) is 6.54 Å². The highest BCUT2D eigenvalue weighted by atomic mass is 35.5. The van der Waals surface area contributed by atoms with Gasteiger partial charge in [-0.25, -0.2) is 9.97 Å². The lowest BCUT2D eigenvalue weighted by Crippen LogP contribution is -2.36. The van der Waals surface area contributed by atoms with E-state index in [0.29, 0.717) is 16.1 Å². The topological polar surface area (TPSA) is 29.0 Å². The average molecular weight is 232 g/mol. The van der Waals surface area contributed by atoms with Crippen molar-refractivity contribution in [2.24, 2.45) is 0 Å². The van der Waals surface area contributed by atoms with Crippen molar-refractivity contribution in [1.29, 1.82) is 0 Å². The van der Waals surface area contributed by atoms with Gasteiger partial charge in [0, 0.05) is 5.56 Å². The average Bonchev–Trinajstić information content (AvgIpc) is 2.07. The van der Waals surface area contributed by atoms with Crippen molar-refractivity contribution < 1.29 is 0 Å². The van der Waals surface area contributed by atoms with Gasteiger partial charge in [-0.1, -0.05) is 23.2 Å². The molecule has 1 saturated heterocycles. The summed E-state index contributed by atoms with van der Waals surface area (Å²) in [5, 5.41) is 0.918. The van der Waals surface area contributed by atoms with Crippen LogP contribution in [-0.2, 0) is 6.54 Å². The van der Waals surface area contributed by atoms with Gasteiger partial charge in [-0.2, -0.15) is 0 Å². The first-order valence-electron chi connectivity index (χ1n) is 4.57. The van der Waals surface area contributed by atoms with Crippen LogP contribution in [0.5, 0.6) is 0 Å². The molecule has 1 aliphatic heterocycles. The Hall–Kier alpha value is -0.380. The van der Waals surface area contributed by atoms with Gasteiger partial charge in [0.1, 0.15) is 16.1 Å². The van der Waals surface area contributed by atoms with Crippen LogP contribution >= 0.6 is 23.2 Å². The Kier molecular flexibility index (Phi) is 2.91. The van der Waals surface area contributed by atoms with Crippen LogP contribution < -0.4 is 0 Å². The second-order valence-corrected chi connectivity index (χ2v) is 4.19. The third kappa shape index (κ3) is 2.00. The SMILES string of the molecule is Cc1c(Cl)nc(CN2CCC2)nc1Cl. The quantitative estimate of drug-likeness (QED) is 0.732. The molecule has 1 aliphatic rings. The number of aromatic nitrogens is 2. The Balaban J connectivity index is 2.17. The fraction of sp³-hybridized carbons (Fsp3) is 0.556. The molecule has 5 heteroatoms. The molecule has 0 atom stereocenters. The van der Waals surface area contributed by atoms with Crippen molar-refractivity contribution in [3.8, 4) is 0 Å². The Morgan fingerprint density at radius 1 is 1.21 bits per heavy atom. The highest BCUT2D eigenvalue weighted by Gasteiger charge is 2.16. The zero-order valence-corrected chi connectivity index (χ0v) is 9.44. The first kappa shape index (κ1) is 10.1. The van der Waals surface area contributed by atoms with Gasteiger partial charge in [0.15, 0.2) is 0 Å². The van der Waals surface area contributed by atoms with Gasteiger partial charge in [0.2, 0.25) is 0 Å². The largest absolute Gasteiger partial charge is 0.296 e. The lowest BCUT2D eigenvalue weighted by atomic mass is 10.2. The molecular formula is C9H11Cl2N3. The molecule has 76 valence electrons.